The summed E-state index contributed by atoms with van der Waals surface area (Å²) in [5.74, 6) is 0. The Balaban J connectivity index is 2.44. The molecule has 0 saturated heterocycles. The van der Waals surface area contributed by atoms with Crippen molar-refractivity contribution in [2.24, 2.45) is 10.2 Å². The summed E-state index contributed by atoms with van der Waals surface area (Å²) in [6.45, 7) is 0.189. The van der Waals surface area contributed by atoms with Crippen molar-refractivity contribution in [3.63, 3.8) is 0 Å². The van der Waals surface area contributed by atoms with Crippen molar-refractivity contribution in [2.75, 3.05) is 12.9 Å². The van der Waals surface area contributed by atoms with Gasteiger partial charge in [-0.1, -0.05) is 0 Å². The smallest absolute Gasteiger partial charge is 0.0832 e. The van der Waals surface area contributed by atoms with E-state index < -0.39 is 0 Å². The molecular weight excluding hydrogens is 136 g/mol. The van der Waals surface area contributed by atoms with E-state index in [9.17, 15) is 0 Å². The highest BCUT2D eigenvalue weighted by atomic mass is 32.2. The summed E-state index contributed by atoms with van der Waals surface area (Å²) in [5, 5.41) is 17.2. The highest BCUT2D eigenvalue weighted by Gasteiger charge is 2.07. The lowest BCUT2D eigenvalue weighted by molar-refractivity contribution is 0.308. The Bertz CT molecular complexity index is 155. The predicted octanol–water partition coefficient (Wildman–Crippen LogP) is 0.355. The summed E-state index contributed by atoms with van der Waals surface area (Å²) in [7, 11) is -0.236. The van der Waals surface area contributed by atoms with Gasteiger partial charge in [-0.3, -0.25) is 0 Å². The zero-order valence-electron chi connectivity index (χ0n) is 5.28. The lowest BCUT2D eigenvalue weighted by Crippen LogP contribution is -1.98. The van der Waals surface area contributed by atoms with Crippen LogP contribution < -0.4 is 0 Å². The first kappa shape index (κ1) is 6.77. The Hall–Kier alpha value is -0.350. The second kappa shape index (κ2) is 2.98. The molecule has 0 aromatic carbocycles. The van der Waals surface area contributed by atoms with E-state index in [4.69, 9.17) is 5.11 Å². The zero-order chi connectivity index (χ0) is 6.69. The molecule has 0 aliphatic carbocycles. The maximum Gasteiger partial charge on any atom is 0.0832 e. The van der Waals surface area contributed by atoms with Crippen LogP contribution in [0.5, 0.6) is 0 Å². The van der Waals surface area contributed by atoms with Crippen LogP contribution in [0.2, 0.25) is 0 Å². The number of hydrogen-bond acceptors (Lipinski definition) is 3. The first-order valence-electron chi connectivity index (χ1n) is 2.78. The van der Waals surface area contributed by atoms with Gasteiger partial charge < -0.3 is 5.11 Å². The van der Waals surface area contributed by atoms with Gasteiger partial charge in [0.15, 0.2) is 0 Å². The van der Waals surface area contributed by atoms with Crippen LogP contribution in [0.3, 0.4) is 0 Å². The summed E-state index contributed by atoms with van der Waals surface area (Å²) in [6, 6.07) is 0. The summed E-state index contributed by atoms with van der Waals surface area (Å²) >= 11 is 0. The van der Waals surface area contributed by atoms with Crippen LogP contribution in [-0.4, -0.2) is 28.6 Å². The number of thiol groups is 1. The van der Waals surface area contributed by atoms with E-state index in [1.54, 1.807) is 0 Å². The van der Waals surface area contributed by atoms with Gasteiger partial charge in [-0.25, -0.2) is 0 Å². The lowest BCUT2D eigenvalue weighted by Gasteiger charge is -2.03. The maximum absolute atomic E-state index is 8.52. The van der Waals surface area contributed by atoms with Gasteiger partial charge in [-0.15, -0.1) is 5.10 Å². The molecule has 1 aliphatic heterocycles. The largest absolute Gasteiger partial charge is 0.396 e. The molecule has 3 nitrogen and oxygen atoms in total. The minimum atomic E-state index is -0.236. The fourth-order valence-electron chi connectivity index (χ4n) is 0.633. The highest BCUT2D eigenvalue weighted by molar-refractivity contribution is 8.39. The molecule has 1 unspecified atom stereocenters. The van der Waals surface area contributed by atoms with E-state index in [0.717, 1.165) is 5.04 Å². The van der Waals surface area contributed by atoms with Crippen LogP contribution in [0, 0.1) is 0 Å². The standard InChI is InChI=1S/C5H10N2OS/c1-9-4-6-7-5(9)2-3-8/h4,8-9H,2-3H2,1H3. The molecule has 0 saturated carbocycles. The van der Waals surface area contributed by atoms with Crippen molar-refractivity contribution >= 4 is 21.5 Å². The Morgan fingerprint density at radius 1 is 1.78 bits per heavy atom. The molecule has 4 heteroatoms. The van der Waals surface area contributed by atoms with Gasteiger partial charge in [0.05, 0.1) is 10.6 Å². The van der Waals surface area contributed by atoms with E-state index in [2.05, 4.69) is 16.5 Å². The topological polar surface area (TPSA) is 45.0 Å². The van der Waals surface area contributed by atoms with E-state index >= 15 is 0 Å². The summed E-state index contributed by atoms with van der Waals surface area (Å²) in [4.78, 5) is 0. The Morgan fingerprint density at radius 2 is 2.56 bits per heavy atom. The Kier molecular flexibility index (Phi) is 2.24. The second-order valence-electron chi connectivity index (χ2n) is 1.83. The van der Waals surface area contributed by atoms with Gasteiger partial charge in [0.25, 0.3) is 0 Å². The first-order valence-corrected chi connectivity index (χ1v) is 4.64. The van der Waals surface area contributed by atoms with Crippen molar-refractivity contribution in [3.05, 3.63) is 0 Å². The molecule has 0 aromatic rings. The molecule has 0 spiro atoms. The van der Waals surface area contributed by atoms with Gasteiger partial charge in [-0.05, 0) is 6.26 Å². The minimum absolute atomic E-state index is 0.189. The number of rotatable bonds is 2. The minimum Gasteiger partial charge on any atom is -0.396 e. The monoisotopic (exact) mass is 146 g/mol. The second-order valence-corrected chi connectivity index (χ2v) is 3.80. The van der Waals surface area contributed by atoms with Gasteiger partial charge in [-0.2, -0.15) is 16.0 Å². The first-order chi connectivity index (χ1) is 4.34. The van der Waals surface area contributed by atoms with Crippen molar-refractivity contribution in [2.45, 2.75) is 6.42 Å². The quantitative estimate of drug-likeness (QED) is 0.543. The zero-order valence-corrected chi connectivity index (χ0v) is 6.17. The molecule has 1 atom stereocenters. The fourth-order valence-corrected chi connectivity index (χ4v) is 1.62. The Labute approximate surface area is 56.8 Å². The number of nitrogens with zero attached hydrogens (tertiary/aromatic N) is 2. The third-order valence-electron chi connectivity index (χ3n) is 1.14. The number of aliphatic hydroxyl groups excluding tert-OH is 1. The van der Waals surface area contributed by atoms with E-state index in [1.807, 2.05) is 5.55 Å². The van der Waals surface area contributed by atoms with Crippen LogP contribution in [0.1, 0.15) is 6.42 Å². The molecule has 1 N–H and O–H groups in total. The molecule has 52 valence electrons. The van der Waals surface area contributed by atoms with Crippen molar-refractivity contribution in [3.8, 4) is 0 Å². The van der Waals surface area contributed by atoms with Gasteiger partial charge >= 0.3 is 0 Å². The molecule has 1 heterocycles. The molecule has 0 fully saturated rings. The highest BCUT2D eigenvalue weighted by Crippen LogP contribution is 2.25. The van der Waals surface area contributed by atoms with Crippen molar-refractivity contribution < 1.29 is 5.11 Å². The lowest BCUT2D eigenvalue weighted by atomic mass is 10.5. The molecule has 0 bridgehead atoms. The van der Waals surface area contributed by atoms with E-state index in [0.29, 0.717) is 6.42 Å². The summed E-state index contributed by atoms with van der Waals surface area (Å²) in [6.07, 6.45) is 2.77. The molecule has 0 aromatic heterocycles. The van der Waals surface area contributed by atoms with Crippen molar-refractivity contribution in [1.29, 1.82) is 0 Å². The van der Waals surface area contributed by atoms with E-state index in [-0.39, 0.29) is 17.5 Å². The summed E-state index contributed by atoms with van der Waals surface area (Å²) < 4.78 is 0. The van der Waals surface area contributed by atoms with Crippen LogP contribution in [-0.2, 0) is 0 Å². The molecule has 1 aliphatic rings. The van der Waals surface area contributed by atoms with E-state index in [1.165, 1.54) is 0 Å². The third-order valence-corrected chi connectivity index (χ3v) is 2.72. The third kappa shape index (κ3) is 1.53. The van der Waals surface area contributed by atoms with Crippen LogP contribution in [0.25, 0.3) is 0 Å². The molecule has 0 radical (unpaired) electrons. The van der Waals surface area contributed by atoms with Crippen LogP contribution >= 0.6 is 10.9 Å². The van der Waals surface area contributed by atoms with Gasteiger partial charge in [0.1, 0.15) is 0 Å². The fraction of sp³-hybridized carbons (Fsp3) is 0.600. The number of hydrogen-bond donors (Lipinski definition) is 2. The SMILES string of the molecule is C[SH]1C=NN=C1CCO. The van der Waals surface area contributed by atoms with Gasteiger partial charge in [0.2, 0.25) is 0 Å². The normalized spacial score (nSPS) is 28.7. The molecule has 1 rings (SSSR count). The van der Waals surface area contributed by atoms with Gasteiger partial charge in [0, 0.05) is 13.0 Å². The number of aliphatic hydroxyl groups is 1. The predicted molar refractivity (Wildman–Crippen MR) is 42.5 cm³/mol. The molecule has 9 heavy (non-hydrogen) atoms. The van der Waals surface area contributed by atoms with Crippen molar-refractivity contribution in [1.82, 2.24) is 0 Å². The average Bonchev–Trinajstić information content (AvgIpc) is 2.18. The van der Waals surface area contributed by atoms with Crippen LogP contribution in [0.15, 0.2) is 10.2 Å². The van der Waals surface area contributed by atoms with Crippen LogP contribution in [0.4, 0.5) is 0 Å². The summed E-state index contributed by atoms with van der Waals surface area (Å²) in [5.41, 5.74) is 1.85. The molecule has 0 amide bonds. The maximum atomic E-state index is 8.52. The Morgan fingerprint density at radius 3 is 3.00 bits per heavy atom. The molecular formula is C5H10N2OS. The average molecular weight is 146 g/mol.